The second kappa shape index (κ2) is 11.8. The van der Waals surface area contributed by atoms with E-state index in [-0.39, 0.29) is 0 Å². The Bertz CT molecular complexity index is 3550. The Morgan fingerprint density at radius 1 is 0.276 bits per heavy atom. The summed E-state index contributed by atoms with van der Waals surface area (Å²) in [5, 5.41) is 9.42. The van der Waals surface area contributed by atoms with E-state index >= 15 is 0 Å². The third-order valence-electron chi connectivity index (χ3n) is 12.1. The van der Waals surface area contributed by atoms with E-state index in [1.165, 1.54) is 43.6 Å². The van der Waals surface area contributed by atoms with Crippen LogP contribution in [0.4, 0.5) is 0 Å². The lowest BCUT2D eigenvalue weighted by Crippen LogP contribution is -1.97. The molecule has 0 saturated heterocycles. The molecule has 0 aliphatic rings. The summed E-state index contributed by atoms with van der Waals surface area (Å²) in [6.45, 7) is 0. The van der Waals surface area contributed by atoms with Crippen LogP contribution in [0.15, 0.2) is 203 Å². The quantitative estimate of drug-likeness (QED) is 0.180. The maximum atomic E-state index is 6.45. The highest BCUT2D eigenvalue weighted by molar-refractivity contribution is 6.15. The molecule has 4 heterocycles. The van der Waals surface area contributed by atoms with Crippen LogP contribution in [0.5, 0.6) is 0 Å². The minimum Gasteiger partial charge on any atom is -0.455 e. The number of fused-ring (bicyclic) bond motifs is 12. The summed E-state index contributed by atoms with van der Waals surface area (Å²) in [5.74, 6) is 0. The van der Waals surface area contributed by atoms with E-state index in [1.54, 1.807) is 0 Å². The Balaban J connectivity index is 0.934. The maximum Gasteiger partial charge on any atom is 0.143 e. The van der Waals surface area contributed by atoms with Gasteiger partial charge in [0, 0.05) is 65.6 Å². The highest BCUT2D eigenvalue weighted by Crippen LogP contribution is 2.42. The van der Waals surface area contributed by atoms with Gasteiger partial charge in [-0.15, -0.1) is 0 Å². The lowest BCUT2D eigenvalue weighted by Gasteiger charge is -2.12. The van der Waals surface area contributed by atoms with E-state index in [4.69, 9.17) is 8.83 Å². The average molecular weight is 741 g/mol. The van der Waals surface area contributed by atoms with Crippen molar-refractivity contribution in [2.45, 2.75) is 0 Å². The topological polar surface area (TPSA) is 36.1 Å². The number of hydrogen-bond donors (Lipinski definition) is 0. The Hall–Kier alpha value is -7.82. The largest absolute Gasteiger partial charge is 0.455 e. The fourth-order valence-corrected chi connectivity index (χ4v) is 9.54. The van der Waals surface area contributed by atoms with Gasteiger partial charge >= 0.3 is 0 Å². The van der Waals surface area contributed by atoms with E-state index in [0.717, 1.165) is 77.5 Å². The summed E-state index contributed by atoms with van der Waals surface area (Å²) in [6.07, 6.45) is 0. The van der Waals surface area contributed by atoms with Crippen molar-refractivity contribution in [2.24, 2.45) is 0 Å². The third-order valence-corrected chi connectivity index (χ3v) is 12.1. The summed E-state index contributed by atoms with van der Waals surface area (Å²) in [7, 11) is 0. The molecule has 4 aromatic heterocycles. The first-order valence-electron chi connectivity index (χ1n) is 19.8. The zero-order valence-electron chi connectivity index (χ0n) is 31.2. The van der Waals surface area contributed by atoms with E-state index < -0.39 is 0 Å². The molecule has 0 unspecified atom stereocenters. The monoisotopic (exact) mass is 740 g/mol. The summed E-state index contributed by atoms with van der Waals surface area (Å²) < 4.78 is 17.7. The van der Waals surface area contributed by atoms with Crippen LogP contribution in [0.3, 0.4) is 0 Å². The fraction of sp³-hybridized carbons (Fsp3) is 0. The van der Waals surface area contributed by atoms with Crippen molar-refractivity contribution in [3.63, 3.8) is 0 Å². The van der Waals surface area contributed by atoms with Crippen LogP contribution >= 0.6 is 0 Å². The molecule has 0 aliphatic carbocycles. The SMILES string of the molecule is c1ccc2c(c1)oc1c(-c3ccc4c(c3)c3ccccc3n4-c3ccc(-n4c5ccccc5c5cc(-c6cccc7c6oc6ccccc67)ccc54)cc3)cccc12. The normalized spacial score (nSPS) is 12.1. The molecule has 13 rings (SSSR count). The molecule has 0 aliphatic heterocycles. The molecule has 58 heavy (non-hydrogen) atoms. The van der Waals surface area contributed by atoms with E-state index in [2.05, 4.69) is 179 Å². The predicted octanol–water partition coefficient (Wildman–Crippen LogP) is 15.0. The predicted molar refractivity (Wildman–Crippen MR) is 241 cm³/mol. The van der Waals surface area contributed by atoms with Gasteiger partial charge in [0.05, 0.1) is 22.1 Å². The van der Waals surface area contributed by atoms with Gasteiger partial charge < -0.3 is 18.0 Å². The number of furan rings is 2. The van der Waals surface area contributed by atoms with Gasteiger partial charge in [-0.3, -0.25) is 0 Å². The van der Waals surface area contributed by atoms with Crippen molar-refractivity contribution in [3.05, 3.63) is 194 Å². The standard InChI is InChI=1S/C54H32N2O2/c1-5-19-47-39(11-1)45-31-33(37-15-9-17-43-41-13-3-7-21-51(41)57-53(37)43)23-29-49(45)55(47)35-25-27-36(28-26-35)56-48-20-6-2-12-40(48)46-32-34(24-30-50(46)56)38-16-10-18-44-42-14-4-8-22-52(42)58-54(38)44/h1-32H. The van der Waals surface area contributed by atoms with Crippen LogP contribution in [0.1, 0.15) is 0 Å². The van der Waals surface area contributed by atoms with Gasteiger partial charge in [-0.2, -0.15) is 0 Å². The van der Waals surface area contributed by atoms with Gasteiger partial charge in [-0.05, 0) is 83.9 Å². The average Bonchev–Trinajstić information content (AvgIpc) is 4.04. The van der Waals surface area contributed by atoms with E-state index in [0.29, 0.717) is 0 Å². The number of para-hydroxylation sites is 6. The molecule has 9 aromatic carbocycles. The number of hydrogen-bond acceptors (Lipinski definition) is 2. The molecular weight excluding hydrogens is 709 g/mol. The molecule has 0 radical (unpaired) electrons. The van der Waals surface area contributed by atoms with Gasteiger partial charge in [0.1, 0.15) is 22.3 Å². The Kier molecular flexibility index (Phi) is 6.41. The maximum absolute atomic E-state index is 6.45. The zero-order valence-corrected chi connectivity index (χ0v) is 31.2. The zero-order chi connectivity index (χ0) is 37.9. The number of rotatable bonds is 4. The first-order chi connectivity index (χ1) is 28.8. The molecule has 4 heteroatoms. The second-order valence-corrected chi connectivity index (χ2v) is 15.2. The lowest BCUT2D eigenvalue weighted by molar-refractivity contribution is 0.669. The Morgan fingerprint density at radius 3 is 1.12 bits per heavy atom. The molecule has 0 atom stereocenters. The molecule has 0 bridgehead atoms. The van der Waals surface area contributed by atoms with Gasteiger partial charge in [0.15, 0.2) is 0 Å². The van der Waals surface area contributed by atoms with E-state index in [9.17, 15) is 0 Å². The van der Waals surface area contributed by atoms with Crippen LogP contribution in [-0.4, -0.2) is 9.13 Å². The summed E-state index contributed by atoms with van der Waals surface area (Å²) in [5.41, 5.74) is 15.1. The summed E-state index contributed by atoms with van der Waals surface area (Å²) in [4.78, 5) is 0. The molecular formula is C54H32N2O2. The first kappa shape index (κ1) is 31.4. The second-order valence-electron chi connectivity index (χ2n) is 15.2. The number of aromatic nitrogens is 2. The third kappa shape index (κ3) is 4.40. The minimum absolute atomic E-state index is 0.911. The molecule has 0 spiro atoms. The van der Waals surface area contributed by atoms with Crippen molar-refractivity contribution in [1.29, 1.82) is 0 Å². The van der Waals surface area contributed by atoms with Gasteiger partial charge in [-0.1, -0.05) is 121 Å². The van der Waals surface area contributed by atoms with Crippen molar-refractivity contribution < 1.29 is 8.83 Å². The highest BCUT2D eigenvalue weighted by Gasteiger charge is 2.19. The molecule has 0 saturated carbocycles. The summed E-state index contributed by atoms with van der Waals surface area (Å²) in [6, 6.07) is 69.5. The van der Waals surface area contributed by atoms with Crippen molar-refractivity contribution >= 4 is 87.5 Å². The van der Waals surface area contributed by atoms with Crippen LogP contribution in [0, 0.1) is 0 Å². The fourth-order valence-electron chi connectivity index (χ4n) is 9.54. The first-order valence-corrected chi connectivity index (χ1v) is 19.8. The highest BCUT2D eigenvalue weighted by atomic mass is 16.3. The van der Waals surface area contributed by atoms with Gasteiger partial charge in [-0.25, -0.2) is 0 Å². The minimum atomic E-state index is 0.911. The molecule has 13 aromatic rings. The molecule has 4 nitrogen and oxygen atoms in total. The lowest BCUT2D eigenvalue weighted by atomic mass is 10.0. The van der Waals surface area contributed by atoms with Crippen LogP contribution in [-0.2, 0) is 0 Å². The molecule has 0 amide bonds. The van der Waals surface area contributed by atoms with Crippen molar-refractivity contribution in [1.82, 2.24) is 9.13 Å². The van der Waals surface area contributed by atoms with Crippen molar-refractivity contribution in [2.75, 3.05) is 0 Å². The van der Waals surface area contributed by atoms with E-state index in [1.807, 2.05) is 24.3 Å². The van der Waals surface area contributed by atoms with Crippen LogP contribution < -0.4 is 0 Å². The molecule has 270 valence electrons. The summed E-state index contributed by atoms with van der Waals surface area (Å²) >= 11 is 0. The van der Waals surface area contributed by atoms with Crippen LogP contribution in [0.2, 0.25) is 0 Å². The van der Waals surface area contributed by atoms with Crippen LogP contribution in [0.25, 0.3) is 121 Å². The van der Waals surface area contributed by atoms with Gasteiger partial charge in [0.2, 0.25) is 0 Å². The Morgan fingerprint density at radius 2 is 0.655 bits per heavy atom. The number of nitrogens with zero attached hydrogens (tertiary/aromatic N) is 2. The Labute approximate surface area is 332 Å². The molecule has 0 fully saturated rings. The van der Waals surface area contributed by atoms with Crippen molar-refractivity contribution in [3.8, 4) is 33.6 Å². The van der Waals surface area contributed by atoms with Gasteiger partial charge in [0.25, 0.3) is 0 Å². The number of benzene rings is 9. The smallest absolute Gasteiger partial charge is 0.143 e. The molecule has 0 N–H and O–H groups in total.